The van der Waals surface area contributed by atoms with Crippen molar-refractivity contribution in [3.8, 4) is 0 Å². The second kappa shape index (κ2) is 5.47. The summed E-state index contributed by atoms with van der Waals surface area (Å²) < 4.78 is 0. The molecule has 0 aliphatic carbocycles. The number of amides is 1. The molecule has 0 bridgehead atoms. The van der Waals surface area contributed by atoms with Crippen LogP contribution in [0.4, 0.5) is 0 Å². The zero-order valence-corrected chi connectivity index (χ0v) is 11.6. The van der Waals surface area contributed by atoms with Crippen LogP contribution < -0.4 is 5.32 Å². The highest BCUT2D eigenvalue weighted by Crippen LogP contribution is 2.26. The van der Waals surface area contributed by atoms with Gasteiger partial charge in [-0.2, -0.15) is 0 Å². The summed E-state index contributed by atoms with van der Waals surface area (Å²) in [4.78, 5) is 18.1. The van der Waals surface area contributed by atoms with Gasteiger partial charge in [0.1, 0.15) is 5.15 Å². The highest BCUT2D eigenvalue weighted by atomic mass is 35.5. The molecule has 4 nitrogen and oxygen atoms in total. The fraction of sp³-hybridized carbons (Fsp3) is 0.571. The fourth-order valence-electron chi connectivity index (χ4n) is 3.10. The fourth-order valence-corrected chi connectivity index (χ4v) is 3.28. The third kappa shape index (κ3) is 3.07. The molecule has 2 atom stereocenters. The summed E-state index contributed by atoms with van der Waals surface area (Å²) in [6.45, 7) is 2.90. The molecule has 1 amide bonds. The van der Waals surface area contributed by atoms with Crippen LogP contribution in [0.15, 0.2) is 18.2 Å². The first kappa shape index (κ1) is 12.9. The summed E-state index contributed by atoms with van der Waals surface area (Å²) in [6, 6.07) is 6.14. The number of likely N-dealkylation sites (tertiary alicyclic amines) is 1. The topological polar surface area (TPSA) is 45.2 Å². The number of aromatic nitrogens is 1. The molecule has 0 spiro atoms. The first-order chi connectivity index (χ1) is 9.20. The molecule has 102 valence electrons. The van der Waals surface area contributed by atoms with E-state index in [1.807, 2.05) is 12.1 Å². The van der Waals surface area contributed by atoms with Gasteiger partial charge in [0.2, 0.25) is 5.91 Å². The molecule has 2 aliphatic rings. The normalized spacial score (nSPS) is 27.7. The van der Waals surface area contributed by atoms with Gasteiger partial charge in [0, 0.05) is 32.1 Å². The minimum Gasteiger partial charge on any atom is -0.353 e. The van der Waals surface area contributed by atoms with E-state index < -0.39 is 0 Å². The number of fused-ring (bicyclic) bond motifs is 1. The van der Waals surface area contributed by atoms with Gasteiger partial charge in [0.05, 0.1) is 5.69 Å². The van der Waals surface area contributed by atoms with Gasteiger partial charge in [0.25, 0.3) is 0 Å². The Morgan fingerprint density at radius 3 is 3.16 bits per heavy atom. The van der Waals surface area contributed by atoms with Gasteiger partial charge >= 0.3 is 0 Å². The molecule has 2 unspecified atom stereocenters. The number of carbonyl (C=O) groups is 1. The van der Waals surface area contributed by atoms with Gasteiger partial charge in [-0.15, -0.1) is 0 Å². The second-order valence-electron chi connectivity index (χ2n) is 5.45. The molecular formula is C14H18ClN3O. The lowest BCUT2D eigenvalue weighted by Crippen LogP contribution is -2.53. The average Bonchev–Trinajstić information content (AvgIpc) is 2.39. The average molecular weight is 280 g/mol. The van der Waals surface area contributed by atoms with E-state index in [2.05, 4.69) is 15.2 Å². The third-order valence-electron chi connectivity index (χ3n) is 4.07. The Morgan fingerprint density at radius 1 is 1.42 bits per heavy atom. The SMILES string of the molecule is O=C1CCC2CN(Cc3cccc(Cl)n3)CCC2N1. The summed E-state index contributed by atoms with van der Waals surface area (Å²) in [6.07, 6.45) is 2.72. The molecule has 19 heavy (non-hydrogen) atoms. The summed E-state index contributed by atoms with van der Waals surface area (Å²) in [5.74, 6) is 0.803. The maximum Gasteiger partial charge on any atom is 0.220 e. The molecule has 1 aromatic rings. The van der Waals surface area contributed by atoms with Crippen molar-refractivity contribution >= 4 is 17.5 Å². The van der Waals surface area contributed by atoms with Gasteiger partial charge in [-0.1, -0.05) is 17.7 Å². The van der Waals surface area contributed by atoms with Crippen LogP contribution in [0, 0.1) is 5.92 Å². The Bertz CT molecular complexity index is 480. The quantitative estimate of drug-likeness (QED) is 0.840. The predicted octanol–water partition coefficient (Wildman–Crippen LogP) is 1.84. The monoisotopic (exact) mass is 279 g/mol. The van der Waals surface area contributed by atoms with Crippen molar-refractivity contribution in [2.24, 2.45) is 5.92 Å². The maximum atomic E-state index is 11.4. The van der Waals surface area contributed by atoms with E-state index in [1.165, 1.54) is 0 Å². The summed E-state index contributed by atoms with van der Waals surface area (Å²) >= 11 is 5.91. The predicted molar refractivity (Wildman–Crippen MR) is 73.8 cm³/mol. The molecule has 0 saturated carbocycles. The van der Waals surface area contributed by atoms with Crippen LogP contribution in [0.25, 0.3) is 0 Å². The molecule has 2 aliphatic heterocycles. The summed E-state index contributed by atoms with van der Waals surface area (Å²) in [5.41, 5.74) is 1.02. The number of pyridine rings is 1. The molecule has 2 saturated heterocycles. The zero-order chi connectivity index (χ0) is 13.2. The van der Waals surface area contributed by atoms with E-state index in [9.17, 15) is 4.79 Å². The van der Waals surface area contributed by atoms with Crippen LogP contribution >= 0.6 is 11.6 Å². The van der Waals surface area contributed by atoms with Crippen LogP contribution in [0.1, 0.15) is 25.0 Å². The zero-order valence-electron chi connectivity index (χ0n) is 10.8. The van der Waals surface area contributed by atoms with E-state index in [0.717, 1.165) is 38.2 Å². The van der Waals surface area contributed by atoms with Crippen LogP contribution in [-0.2, 0) is 11.3 Å². The maximum absolute atomic E-state index is 11.4. The minimum atomic E-state index is 0.214. The van der Waals surface area contributed by atoms with Gasteiger partial charge < -0.3 is 5.32 Å². The van der Waals surface area contributed by atoms with Gasteiger partial charge in [0.15, 0.2) is 0 Å². The van der Waals surface area contributed by atoms with Crippen LogP contribution in [0.3, 0.4) is 0 Å². The minimum absolute atomic E-state index is 0.214. The highest BCUT2D eigenvalue weighted by Gasteiger charge is 2.33. The molecule has 3 heterocycles. The highest BCUT2D eigenvalue weighted by molar-refractivity contribution is 6.29. The van der Waals surface area contributed by atoms with E-state index in [4.69, 9.17) is 11.6 Å². The Labute approximate surface area is 118 Å². The lowest BCUT2D eigenvalue weighted by atomic mass is 9.85. The van der Waals surface area contributed by atoms with Gasteiger partial charge in [-0.3, -0.25) is 9.69 Å². The molecule has 0 radical (unpaired) electrons. The standard InChI is InChI=1S/C14H18ClN3O/c15-13-3-1-2-11(16-13)9-18-7-6-12-10(8-18)4-5-14(19)17-12/h1-3,10,12H,4-9H2,(H,17,19). The first-order valence-electron chi connectivity index (χ1n) is 6.84. The van der Waals surface area contributed by atoms with Crippen molar-refractivity contribution in [2.45, 2.75) is 31.8 Å². The van der Waals surface area contributed by atoms with Crippen molar-refractivity contribution in [1.29, 1.82) is 0 Å². The lowest BCUT2D eigenvalue weighted by Gasteiger charge is -2.41. The van der Waals surface area contributed by atoms with Crippen LogP contribution in [-0.4, -0.2) is 34.9 Å². The lowest BCUT2D eigenvalue weighted by molar-refractivity contribution is -0.125. The smallest absolute Gasteiger partial charge is 0.220 e. The Hall–Kier alpha value is -1.13. The van der Waals surface area contributed by atoms with E-state index in [0.29, 0.717) is 23.5 Å². The largest absolute Gasteiger partial charge is 0.353 e. The molecule has 0 aromatic carbocycles. The van der Waals surface area contributed by atoms with Crippen molar-refractivity contribution < 1.29 is 4.79 Å². The molecule has 1 N–H and O–H groups in total. The summed E-state index contributed by atoms with van der Waals surface area (Å²) in [7, 11) is 0. The van der Waals surface area contributed by atoms with E-state index in [1.54, 1.807) is 6.07 Å². The van der Waals surface area contributed by atoms with Crippen molar-refractivity contribution in [3.63, 3.8) is 0 Å². The van der Waals surface area contributed by atoms with Crippen LogP contribution in [0.2, 0.25) is 5.15 Å². The van der Waals surface area contributed by atoms with Crippen molar-refractivity contribution in [1.82, 2.24) is 15.2 Å². The molecule has 2 fully saturated rings. The van der Waals surface area contributed by atoms with E-state index >= 15 is 0 Å². The summed E-state index contributed by atoms with van der Waals surface area (Å²) in [5, 5.41) is 3.66. The third-order valence-corrected chi connectivity index (χ3v) is 4.28. The Morgan fingerprint density at radius 2 is 2.32 bits per heavy atom. The second-order valence-corrected chi connectivity index (χ2v) is 5.84. The molecule has 5 heteroatoms. The number of rotatable bonds is 2. The Kier molecular flexibility index (Phi) is 3.71. The van der Waals surface area contributed by atoms with E-state index in [-0.39, 0.29) is 5.91 Å². The molecule has 3 rings (SSSR count). The number of piperidine rings is 2. The Balaban J connectivity index is 1.61. The van der Waals surface area contributed by atoms with Crippen LogP contribution in [0.5, 0.6) is 0 Å². The number of halogens is 1. The number of nitrogens with one attached hydrogen (secondary N) is 1. The molecular weight excluding hydrogens is 262 g/mol. The number of nitrogens with zero attached hydrogens (tertiary/aromatic N) is 2. The van der Waals surface area contributed by atoms with Crippen molar-refractivity contribution in [3.05, 3.63) is 29.0 Å². The van der Waals surface area contributed by atoms with Crippen molar-refractivity contribution in [2.75, 3.05) is 13.1 Å². The molecule has 1 aromatic heterocycles. The number of hydrogen-bond acceptors (Lipinski definition) is 3. The van der Waals surface area contributed by atoms with Gasteiger partial charge in [-0.25, -0.2) is 4.98 Å². The first-order valence-corrected chi connectivity index (χ1v) is 7.21. The number of carbonyl (C=O) groups excluding carboxylic acids is 1. The van der Waals surface area contributed by atoms with Gasteiger partial charge in [-0.05, 0) is 30.9 Å². The number of hydrogen-bond donors (Lipinski definition) is 1.